The van der Waals surface area contributed by atoms with Gasteiger partial charge in [-0.3, -0.25) is 0 Å². The van der Waals surface area contributed by atoms with Crippen molar-refractivity contribution in [3.05, 3.63) is 53.2 Å². The minimum atomic E-state index is -1.07. The van der Waals surface area contributed by atoms with Gasteiger partial charge in [0.15, 0.2) is 5.69 Å². The van der Waals surface area contributed by atoms with Crippen molar-refractivity contribution >= 4 is 5.97 Å². The molecule has 2 rings (SSSR count). The standard InChI is InChI=1S/C17H19NO3/c1-11-10-12(17(2,3)4)8-9-14(11)21-15-7-5-6-13(18-15)16(19)20/h5-10H,1-4H3,(H,19,20). The molecule has 0 atom stereocenters. The van der Waals surface area contributed by atoms with Crippen LogP contribution in [-0.2, 0) is 5.41 Å². The Morgan fingerprint density at radius 3 is 2.48 bits per heavy atom. The lowest BCUT2D eigenvalue weighted by atomic mass is 9.86. The summed E-state index contributed by atoms with van der Waals surface area (Å²) in [5.74, 6) is -0.111. The third-order valence-electron chi connectivity index (χ3n) is 3.20. The Labute approximate surface area is 124 Å². The highest BCUT2D eigenvalue weighted by atomic mass is 16.5. The Bertz CT molecular complexity index is 672. The van der Waals surface area contributed by atoms with Gasteiger partial charge in [-0.25, -0.2) is 9.78 Å². The fourth-order valence-corrected chi connectivity index (χ4v) is 1.93. The van der Waals surface area contributed by atoms with E-state index in [-0.39, 0.29) is 17.0 Å². The van der Waals surface area contributed by atoms with Gasteiger partial charge in [-0.2, -0.15) is 0 Å². The van der Waals surface area contributed by atoms with Crippen molar-refractivity contribution in [1.82, 2.24) is 4.98 Å². The molecule has 4 heteroatoms. The monoisotopic (exact) mass is 285 g/mol. The van der Waals surface area contributed by atoms with E-state index in [0.717, 1.165) is 5.56 Å². The molecule has 0 amide bonds. The molecular weight excluding hydrogens is 266 g/mol. The summed E-state index contributed by atoms with van der Waals surface area (Å²) in [6.07, 6.45) is 0. The van der Waals surface area contributed by atoms with Gasteiger partial charge in [0.25, 0.3) is 0 Å². The largest absolute Gasteiger partial charge is 0.477 e. The van der Waals surface area contributed by atoms with E-state index in [4.69, 9.17) is 9.84 Å². The quantitative estimate of drug-likeness (QED) is 0.919. The summed E-state index contributed by atoms with van der Waals surface area (Å²) in [7, 11) is 0. The number of aryl methyl sites for hydroxylation is 1. The topological polar surface area (TPSA) is 59.4 Å². The van der Waals surface area contributed by atoms with Crippen LogP contribution < -0.4 is 4.74 Å². The summed E-state index contributed by atoms with van der Waals surface area (Å²) in [6, 6.07) is 10.7. The van der Waals surface area contributed by atoms with E-state index in [1.165, 1.54) is 11.6 Å². The zero-order valence-corrected chi connectivity index (χ0v) is 12.7. The first-order chi connectivity index (χ1) is 9.77. The molecule has 4 nitrogen and oxygen atoms in total. The Balaban J connectivity index is 2.28. The lowest BCUT2D eigenvalue weighted by Crippen LogP contribution is -2.11. The molecule has 0 spiro atoms. The maximum atomic E-state index is 10.9. The van der Waals surface area contributed by atoms with Crippen LogP contribution in [0.15, 0.2) is 36.4 Å². The zero-order chi connectivity index (χ0) is 15.6. The number of benzene rings is 1. The highest BCUT2D eigenvalue weighted by Gasteiger charge is 2.15. The zero-order valence-electron chi connectivity index (χ0n) is 12.7. The van der Waals surface area contributed by atoms with E-state index in [0.29, 0.717) is 5.75 Å². The number of aromatic carboxylic acids is 1. The Kier molecular flexibility index (Phi) is 3.98. The Morgan fingerprint density at radius 2 is 1.90 bits per heavy atom. The van der Waals surface area contributed by atoms with E-state index in [1.807, 2.05) is 19.1 Å². The van der Waals surface area contributed by atoms with E-state index in [9.17, 15) is 4.79 Å². The maximum Gasteiger partial charge on any atom is 0.354 e. The number of hydrogen-bond donors (Lipinski definition) is 1. The molecule has 0 unspecified atom stereocenters. The average Bonchev–Trinajstić information content (AvgIpc) is 2.40. The van der Waals surface area contributed by atoms with E-state index >= 15 is 0 Å². The number of aromatic nitrogens is 1. The van der Waals surface area contributed by atoms with Crippen LogP contribution in [0.2, 0.25) is 0 Å². The first-order valence-electron chi connectivity index (χ1n) is 6.77. The number of carboxylic acids is 1. The second kappa shape index (κ2) is 5.56. The predicted molar refractivity (Wildman–Crippen MR) is 81.1 cm³/mol. The highest BCUT2D eigenvalue weighted by molar-refractivity contribution is 5.85. The lowest BCUT2D eigenvalue weighted by molar-refractivity contribution is 0.0689. The summed E-state index contributed by atoms with van der Waals surface area (Å²) >= 11 is 0. The fourth-order valence-electron chi connectivity index (χ4n) is 1.93. The Hall–Kier alpha value is -2.36. The van der Waals surface area contributed by atoms with Crippen molar-refractivity contribution in [3.63, 3.8) is 0 Å². The average molecular weight is 285 g/mol. The van der Waals surface area contributed by atoms with Crippen LogP contribution in [0.1, 0.15) is 42.4 Å². The van der Waals surface area contributed by atoms with Gasteiger partial charge in [-0.15, -0.1) is 0 Å². The fraction of sp³-hybridized carbons (Fsp3) is 0.294. The van der Waals surface area contributed by atoms with Crippen LogP contribution in [0.4, 0.5) is 0 Å². The molecule has 0 saturated heterocycles. The van der Waals surface area contributed by atoms with Crippen molar-refractivity contribution in [2.24, 2.45) is 0 Å². The van der Waals surface area contributed by atoms with E-state index in [1.54, 1.807) is 12.1 Å². The molecule has 110 valence electrons. The summed E-state index contributed by atoms with van der Waals surface area (Å²) in [5, 5.41) is 8.94. The first-order valence-corrected chi connectivity index (χ1v) is 6.77. The third-order valence-corrected chi connectivity index (χ3v) is 3.20. The molecule has 0 saturated carbocycles. The number of carbonyl (C=O) groups is 1. The molecule has 0 aliphatic rings. The van der Waals surface area contributed by atoms with Crippen LogP contribution in [0.3, 0.4) is 0 Å². The van der Waals surface area contributed by atoms with Gasteiger partial charge in [-0.05, 0) is 35.6 Å². The van der Waals surface area contributed by atoms with E-state index in [2.05, 4.69) is 31.8 Å². The van der Waals surface area contributed by atoms with Crippen LogP contribution in [0.5, 0.6) is 11.6 Å². The normalized spacial score (nSPS) is 11.2. The molecular formula is C17H19NO3. The van der Waals surface area contributed by atoms with Gasteiger partial charge in [0.05, 0.1) is 0 Å². The predicted octanol–water partition coefficient (Wildman–Crippen LogP) is 4.18. The molecule has 1 N–H and O–H groups in total. The summed E-state index contributed by atoms with van der Waals surface area (Å²) in [6.45, 7) is 8.42. The number of nitrogens with zero attached hydrogens (tertiary/aromatic N) is 1. The van der Waals surface area contributed by atoms with Crippen LogP contribution in [0, 0.1) is 6.92 Å². The molecule has 21 heavy (non-hydrogen) atoms. The summed E-state index contributed by atoms with van der Waals surface area (Å²) < 4.78 is 5.69. The van der Waals surface area contributed by atoms with Gasteiger partial charge in [-0.1, -0.05) is 39.0 Å². The van der Waals surface area contributed by atoms with Gasteiger partial charge >= 0.3 is 5.97 Å². The van der Waals surface area contributed by atoms with Gasteiger partial charge < -0.3 is 9.84 Å². The molecule has 1 aromatic heterocycles. The molecule has 0 radical (unpaired) electrons. The summed E-state index contributed by atoms with van der Waals surface area (Å²) in [5.41, 5.74) is 2.26. The second-order valence-electron chi connectivity index (χ2n) is 6.00. The molecule has 0 fully saturated rings. The molecule has 2 aromatic rings. The Morgan fingerprint density at radius 1 is 1.19 bits per heavy atom. The summed E-state index contributed by atoms with van der Waals surface area (Å²) in [4.78, 5) is 14.9. The molecule has 1 heterocycles. The molecule has 1 aromatic carbocycles. The minimum Gasteiger partial charge on any atom is -0.477 e. The van der Waals surface area contributed by atoms with Crippen LogP contribution in [-0.4, -0.2) is 16.1 Å². The van der Waals surface area contributed by atoms with Crippen molar-refractivity contribution < 1.29 is 14.6 Å². The van der Waals surface area contributed by atoms with Crippen LogP contribution in [0.25, 0.3) is 0 Å². The minimum absolute atomic E-state index is 0.0311. The highest BCUT2D eigenvalue weighted by Crippen LogP contribution is 2.29. The maximum absolute atomic E-state index is 10.9. The number of hydrogen-bond acceptors (Lipinski definition) is 3. The smallest absolute Gasteiger partial charge is 0.354 e. The van der Waals surface area contributed by atoms with Crippen molar-refractivity contribution in [1.29, 1.82) is 0 Å². The molecule has 0 aliphatic carbocycles. The van der Waals surface area contributed by atoms with Crippen molar-refractivity contribution in [2.75, 3.05) is 0 Å². The SMILES string of the molecule is Cc1cc(C(C)(C)C)ccc1Oc1cccc(C(=O)O)n1. The van der Waals surface area contributed by atoms with Crippen LogP contribution >= 0.6 is 0 Å². The van der Waals surface area contributed by atoms with Crippen molar-refractivity contribution in [3.8, 4) is 11.6 Å². The number of pyridine rings is 1. The first kappa shape index (κ1) is 15.0. The third kappa shape index (κ3) is 3.60. The number of carboxylic acid groups (broad SMARTS) is 1. The number of rotatable bonds is 3. The molecule has 0 bridgehead atoms. The van der Waals surface area contributed by atoms with Gasteiger partial charge in [0.1, 0.15) is 5.75 Å². The molecule has 0 aliphatic heterocycles. The van der Waals surface area contributed by atoms with E-state index < -0.39 is 5.97 Å². The van der Waals surface area contributed by atoms with Gasteiger partial charge in [0, 0.05) is 6.07 Å². The van der Waals surface area contributed by atoms with Gasteiger partial charge in [0.2, 0.25) is 5.88 Å². The lowest BCUT2D eigenvalue weighted by Gasteiger charge is -2.20. The van der Waals surface area contributed by atoms with Crippen molar-refractivity contribution in [2.45, 2.75) is 33.1 Å². The number of ether oxygens (including phenoxy) is 1. The second-order valence-corrected chi connectivity index (χ2v) is 6.00.